The highest BCUT2D eigenvalue weighted by molar-refractivity contribution is 4.88. The third-order valence-electron chi connectivity index (χ3n) is 3.60. The lowest BCUT2D eigenvalue weighted by Crippen LogP contribution is -2.57. The molecule has 1 fully saturated rings. The molecule has 96 valence electrons. The van der Waals surface area contributed by atoms with Crippen molar-refractivity contribution < 1.29 is 0 Å². The van der Waals surface area contributed by atoms with Crippen molar-refractivity contribution >= 4 is 0 Å². The topological polar surface area (TPSA) is 18.5 Å². The zero-order valence-electron chi connectivity index (χ0n) is 11.7. The Hall–Kier alpha value is -0.120. The predicted octanol–water partition coefficient (Wildman–Crippen LogP) is 1.40. The number of rotatable bonds is 5. The molecule has 0 saturated carbocycles. The molecule has 0 atom stereocenters. The van der Waals surface area contributed by atoms with E-state index in [2.05, 4.69) is 49.9 Å². The van der Waals surface area contributed by atoms with Crippen LogP contribution in [0.15, 0.2) is 0 Å². The maximum Gasteiger partial charge on any atom is 0.0277 e. The van der Waals surface area contributed by atoms with Crippen molar-refractivity contribution in [1.29, 1.82) is 0 Å². The molecular formula is C13H29N3. The molecule has 1 saturated heterocycles. The number of piperazine rings is 1. The Morgan fingerprint density at radius 1 is 1.25 bits per heavy atom. The second-order valence-corrected chi connectivity index (χ2v) is 5.97. The highest BCUT2D eigenvalue weighted by atomic mass is 15.3. The fourth-order valence-electron chi connectivity index (χ4n) is 2.23. The van der Waals surface area contributed by atoms with Gasteiger partial charge in [0.15, 0.2) is 0 Å². The van der Waals surface area contributed by atoms with Gasteiger partial charge in [0.25, 0.3) is 0 Å². The Balaban J connectivity index is 2.19. The maximum atomic E-state index is 3.48. The van der Waals surface area contributed by atoms with Crippen LogP contribution in [0.1, 0.15) is 34.1 Å². The Morgan fingerprint density at radius 3 is 2.50 bits per heavy atom. The standard InChI is InChI=1S/C13H29N3/c1-12(2)14-7-6-8-16-10-9-15(5)13(3,4)11-16/h12,14H,6-11H2,1-5H3. The van der Waals surface area contributed by atoms with Gasteiger partial charge in [0.05, 0.1) is 0 Å². The summed E-state index contributed by atoms with van der Waals surface area (Å²) in [5.41, 5.74) is 0.337. The average Bonchev–Trinajstić information content (AvgIpc) is 2.17. The van der Waals surface area contributed by atoms with Crippen molar-refractivity contribution in [2.75, 3.05) is 39.8 Å². The van der Waals surface area contributed by atoms with Crippen LogP contribution >= 0.6 is 0 Å². The molecule has 1 rings (SSSR count). The van der Waals surface area contributed by atoms with Gasteiger partial charge in [-0.05, 0) is 40.4 Å². The molecule has 1 aliphatic rings. The van der Waals surface area contributed by atoms with Crippen LogP contribution in [-0.4, -0.2) is 61.2 Å². The van der Waals surface area contributed by atoms with E-state index in [0.717, 1.165) is 6.54 Å². The van der Waals surface area contributed by atoms with Crippen LogP contribution in [0.5, 0.6) is 0 Å². The highest BCUT2D eigenvalue weighted by Crippen LogP contribution is 2.18. The van der Waals surface area contributed by atoms with Gasteiger partial charge < -0.3 is 10.2 Å². The lowest BCUT2D eigenvalue weighted by Gasteiger charge is -2.45. The summed E-state index contributed by atoms with van der Waals surface area (Å²) in [6.07, 6.45) is 1.26. The predicted molar refractivity (Wildman–Crippen MR) is 70.9 cm³/mol. The monoisotopic (exact) mass is 227 g/mol. The molecular weight excluding hydrogens is 198 g/mol. The lowest BCUT2D eigenvalue weighted by molar-refractivity contribution is 0.0396. The smallest absolute Gasteiger partial charge is 0.0277 e. The van der Waals surface area contributed by atoms with E-state index in [-0.39, 0.29) is 0 Å². The van der Waals surface area contributed by atoms with Crippen LogP contribution < -0.4 is 5.32 Å². The van der Waals surface area contributed by atoms with Gasteiger partial charge >= 0.3 is 0 Å². The lowest BCUT2D eigenvalue weighted by atomic mass is 10.00. The summed E-state index contributed by atoms with van der Waals surface area (Å²) in [4.78, 5) is 5.07. The van der Waals surface area contributed by atoms with E-state index in [1.54, 1.807) is 0 Å². The Labute approximate surface area is 101 Å². The van der Waals surface area contributed by atoms with E-state index < -0.39 is 0 Å². The summed E-state index contributed by atoms with van der Waals surface area (Å²) in [5.74, 6) is 0. The van der Waals surface area contributed by atoms with Crippen molar-refractivity contribution in [2.45, 2.75) is 45.7 Å². The summed E-state index contributed by atoms with van der Waals surface area (Å²) in [7, 11) is 2.23. The van der Waals surface area contributed by atoms with Crippen molar-refractivity contribution in [3.8, 4) is 0 Å². The first-order valence-electron chi connectivity index (χ1n) is 6.59. The molecule has 3 heteroatoms. The first-order valence-corrected chi connectivity index (χ1v) is 6.59. The highest BCUT2D eigenvalue weighted by Gasteiger charge is 2.30. The largest absolute Gasteiger partial charge is 0.314 e. The van der Waals surface area contributed by atoms with E-state index in [1.165, 1.54) is 32.6 Å². The van der Waals surface area contributed by atoms with Gasteiger partial charge in [-0.2, -0.15) is 0 Å². The molecule has 0 bridgehead atoms. The van der Waals surface area contributed by atoms with Crippen LogP contribution in [0.25, 0.3) is 0 Å². The molecule has 0 unspecified atom stereocenters. The summed E-state index contributed by atoms with van der Waals surface area (Å²) >= 11 is 0. The zero-order valence-corrected chi connectivity index (χ0v) is 11.7. The molecule has 16 heavy (non-hydrogen) atoms. The van der Waals surface area contributed by atoms with Gasteiger partial charge in [-0.15, -0.1) is 0 Å². The van der Waals surface area contributed by atoms with E-state index in [4.69, 9.17) is 0 Å². The summed E-state index contributed by atoms with van der Waals surface area (Å²) in [5, 5.41) is 3.48. The second-order valence-electron chi connectivity index (χ2n) is 5.97. The molecule has 0 aromatic heterocycles. The number of likely N-dealkylation sites (N-methyl/N-ethyl adjacent to an activating group) is 1. The molecule has 1 heterocycles. The SMILES string of the molecule is CC(C)NCCCN1CCN(C)C(C)(C)C1. The van der Waals surface area contributed by atoms with E-state index in [9.17, 15) is 0 Å². The summed E-state index contributed by atoms with van der Waals surface area (Å²) in [6.45, 7) is 15.1. The normalized spacial score (nSPS) is 22.9. The van der Waals surface area contributed by atoms with Crippen molar-refractivity contribution in [1.82, 2.24) is 15.1 Å². The van der Waals surface area contributed by atoms with Crippen LogP contribution in [0.3, 0.4) is 0 Å². The maximum absolute atomic E-state index is 3.48. The third-order valence-corrected chi connectivity index (χ3v) is 3.60. The molecule has 1 N–H and O–H groups in total. The van der Waals surface area contributed by atoms with Crippen LogP contribution in [-0.2, 0) is 0 Å². The first-order chi connectivity index (χ1) is 7.42. The minimum atomic E-state index is 0.337. The Morgan fingerprint density at radius 2 is 1.94 bits per heavy atom. The molecule has 0 amide bonds. The van der Waals surface area contributed by atoms with Crippen molar-refractivity contribution in [3.63, 3.8) is 0 Å². The van der Waals surface area contributed by atoms with Gasteiger partial charge in [-0.1, -0.05) is 13.8 Å². The molecule has 0 radical (unpaired) electrons. The van der Waals surface area contributed by atoms with Gasteiger partial charge in [0, 0.05) is 31.2 Å². The van der Waals surface area contributed by atoms with Crippen LogP contribution in [0.4, 0.5) is 0 Å². The fourth-order valence-corrected chi connectivity index (χ4v) is 2.23. The van der Waals surface area contributed by atoms with Gasteiger partial charge in [0.1, 0.15) is 0 Å². The Bertz CT molecular complexity index is 201. The summed E-state index contributed by atoms with van der Waals surface area (Å²) < 4.78 is 0. The van der Waals surface area contributed by atoms with Crippen LogP contribution in [0, 0.1) is 0 Å². The fraction of sp³-hybridized carbons (Fsp3) is 1.00. The van der Waals surface area contributed by atoms with E-state index in [1.807, 2.05) is 0 Å². The van der Waals surface area contributed by atoms with Crippen molar-refractivity contribution in [2.24, 2.45) is 0 Å². The molecule has 0 spiro atoms. The molecule has 0 aromatic rings. The van der Waals surface area contributed by atoms with Gasteiger partial charge in [-0.25, -0.2) is 0 Å². The average molecular weight is 227 g/mol. The number of nitrogens with one attached hydrogen (secondary N) is 1. The molecule has 1 aliphatic heterocycles. The first kappa shape index (κ1) is 13.9. The van der Waals surface area contributed by atoms with Gasteiger partial charge in [-0.3, -0.25) is 4.90 Å². The number of hydrogen-bond donors (Lipinski definition) is 1. The summed E-state index contributed by atoms with van der Waals surface area (Å²) in [6, 6.07) is 0.615. The minimum absolute atomic E-state index is 0.337. The molecule has 0 aromatic carbocycles. The van der Waals surface area contributed by atoms with Crippen molar-refractivity contribution in [3.05, 3.63) is 0 Å². The van der Waals surface area contributed by atoms with Crippen LogP contribution in [0.2, 0.25) is 0 Å². The van der Waals surface area contributed by atoms with E-state index in [0.29, 0.717) is 11.6 Å². The zero-order chi connectivity index (χ0) is 12.2. The molecule has 0 aliphatic carbocycles. The Kier molecular flexibility index (Phi) is 5.22. The minimum Gasteiger partial charge on any atom is -0.314 e. The second kappa shape index (κ2) is 5.99. The number of nitrogens with zero attached hydrogens (tertiary/aromatic N) is 2. The molecule has 3 nitrogen and oxygen atoms in total. The number of hydrogen-bond acceptors (Lipinski definition) is 3. The quantitative estimate of drug-likeness (QED) is 0.716. The third kappa shape index (κ3) is 4.40. The van der Waals surface area contributed by atoms with E-state index >= 15 is 0 Å². The van der Waals surface area contributed by atoms with Gasteiger partial charge in [0.2, 0.25) is 0 Å².